The first kappa shape index (κ1) is 16.3. The lowest BCUT2D eigenvalue weighted by Crippen LogP contribution is -2.39. The summed E-state index contributed by atoms with van der Waals surface area (Å²) in [5.74, 6) is 0.281. The molecule has 0 saturated heterocycles. The van der Waals surface area contributed by atoms with Crippen molar-refractivity contribution < 1.29 is 9.59 Å². The average molecular weight is 303 g/mol. The molecule has 1 aromatic rings. The summed E-state index contributed by atoms with van der Waals surface area (Å²) in [5, 5.41) is 8.68. The van der Waals surface area contributed by atoms with Gasteiger partial charge in [-0.2, -0.15) is 0 Å². The fourth-order valence-electron chi connectivity index (χ4n) is 1.93. The molecule has 0 aromatic heterocycles. The topological polar surface area (TPSA) is 70.2 Å². The fourth-order valence-corrected chi connectivity index (χ4v) is 1.93. The van der Waals surface area contributed by atoms with Gasteiger partial charge >= 0.3 is 6.03 Å². The van der Waals surface area contributed by atoms with Gasteiger partial charge < -0.3 is 16.0 Å². The van der Waals surface area contributed by atoms with Gasteiger partial charge in [0.15, 0.2) is 0 Å². The van der Waals surface area contributed by atoms with Crippen LogP contribution in [-0.2, 0) is 0 Å². The fraction of sp³-hybridized carbons (Fsp3) is 0.529. The molecule has 0 unspecified atom stereocenters. The van der Waals surface area contributed by atoms with Crippen LogP contribution in [0.3, 0.4) is 0 Å². The van der Waals surface area contributed by atoms with Gasteiger partial charge in [0.1, 0.15) is 0 Å². The van der Waals surface area contributed by atoms with E-state index < -0.39 is 0 Å². The molecule has 2 rings (SSSR count). The summed E-state index contributed by atoms with van der Waals surface area (Å²) < 4.78 is 0. The number of benzene rings is 1. The first-order chi connectivity index (χ1) is 10.4. The number of amides is 3. The monoisotopic (exact) mass is 303 g/mol. The van der Waals surface area contributed by atoms with Crippen LogP contribution in [0.5, 0.6) is 0 Å². The zero-order chi connectivity index (χ0) is 16.3. The average Bonchev–Trinajstić information content (AvgIpc) is 3.24. The van der Waals surface area contributed by atoms with Crippen molar-refractivity contribution in [3.8, 4) is 0 Å². The lowest BCUT2D eigenvalue weighted by Gasteiger charge is -2.18. The van der Waals surface area contributed by atoms with Crippen molar-refractivity contribution >= 4 is 17.6 Å². The Morgan fingerprint density at radius 2 is 1.86 bits per heavy atom. The van der Waals surface area contributed by atoms with E-state index in [1.807, 2.05) is 19.9 Å². The second-order valence-corrected chi connectivity index (χ2v) is 6.41. The molecule has 3 N–H and O–H groups in total. The summed E-state index contributed by atoms with van der Waals surface area (Å²) in [4.78, 5) is 24.1. The summed E-state index contributed by atoms with van der Waals surface area (Å²) in [6, 6.07) is 5.52. The second-order valence-electron chi connectivity index (χ2n) is 6.41. The van der Waals surface area contributed by atoms with Gasteiger partial charge in [-0.15, -0.1) is 0 Å². The highest BCUT2D eigenvalue weighted by atomic mass is 16.2. The van der Waals surface area contributed by atoms with Gasteiger partial charge in [0, 0.05) is 23.3 Å². The molecule has 0 aliphatic heterocycles. The maximum Gasteiger partial charge on any atom is 0.319 e. The smallest absolute Gasteiger partial charge is 0.319 e. The molecule has 0 bridgehead atoms. The minimum atomic E-state index is -0.246. The highest BCUT2D eigenvalue weighted by molar-refractivity contribution is 5.97. The summed E-state index contributed by atoms with van der Waals surface area (Å²) in [5.41, 5.74) is 2.16. The van der Waals surface area contributed by atoms with Crippen LogP contribution in [0.2, 0.25) is 0 Å². The second kappa shape index (κ2) is 6.81. The quantitative estimate of drug-likeness (QED) is 0.782. The van der Waals surface area contributed by atoms with Gasteiger partial charge in [0.25, 0.3) is 5.91 Å². The third-order valence-electron chi connectivity index (χ3n) is 4.02. The van der Waals surface area contributed by atoms with Gasteiger partial charge in [-0.1, -0.05) is 19.9 Å². The van der Waals surface area contributed by atoms with E-state index in [2.05, 4.69) is 29.8 Å². The van der Waals surface area contributed by atoms with Crippen molar-refractivity contribution in [2.75, 3.05) is 5.32 Å². The molecule has 1 aliphatic carbocycles. The lowest BCUT2D eigenvalue weighted by atomic mass is 10.1. The molecule has 120 valence electrons. The lowest BCUT2D eigenvalue weighted by molar-refractivity contribution is 0.0951. The van der Waals surface area contributed by atoms with Crippen LogP contribution in [0, 0.1) is 12.8 Å². The van der Waals surface area contributed by atoms with Gasteiger partial charge in [-0.05, 0) is 50.3 Å². The Morgan fingerprint density at radius 3 is 2.45 bits per heavy atom. The highest BCUT2D eigenvalue weighted by Gasteiger charge is 2.24. The van der Waals surface area contributed by atoms with Crippen LogP contribution < -0.4 is 16.0 Å². The molecule has 0 heterocycles. The number of rotatable bonds is 5. The number of aryl methyl sites for hydroxylation is 1. The molecule has 0 spiro atoms. The molecule has 5 nitrogen and oxygen atoms in total. The summed E-state index contributed by atoms with van der Waals surface area (Å²) >= 11 is 0. The van der Waals surface area contributed by atoms with E-state index in [0.717, 1.165) is 18.4 Å². The summed E-state index contributed by atoms with van der Waals surface area (Å²) in [6.45, 7) is 7.98. The van der Waals surface area contributed by atoms with Gasteiger partial charge in [-0.3, -0.25) is 4.79 Å². The van der Waals surface area contributed by atoms with Crippen LogP contribution >= 0.6 is 0 Å². The minimum Gasteiger partial charge on any atom is -0.349 e. The SMILES string of the molecule is Cc1ccc(C(=O)NC2CC2)cc1NC(=O)N[C@H](C)C(C)C. The molecular formula is C17H25N3O2. The van der Waals surface area contributed by atoms with E-state index in [4.69, 9.17) is 0 Å². The Labute approximate surface area is 131 Å². The van der Waals surface area contributed by atoms with Crippen LogP contribution in [0.25, 0.3) is 0 Å². The van der Waals surface area contributed by atoms with Crippen LogP contribution in [0.1, 0.15) is 49.5 Å². The molecule has 1 aromatic carbocycles. The molecular weight excluding hydrogens is 278 g/mol. The van der Waals surface area contributed by atoms with Crippen molar-refractivity contribution in [1.82, 2.24) is 10.6 Å². The van der Waals surface area contributed by atoms with Crippen molar-refractivity contribution in [2.45, 2.75) is 52.6 Å². The highest BCUT2D eigenvalue weighted by Crippen LogP contribution is 2.21. The predicted molar refractivity (Wildman–Crippen MR) is 88.1 cm³/mol. The predicted octanol–water partition coefficient (Wildman–Crippen LogP) is 3.05. The molecule has 1 fully saturated rings. The number of carbonyl (C=O) groups is 2. The van der Waals surface area contributed by atoms with E-state index in [9.17, 15) is 9.59 Å². The molecule has 3 amide bonds. The minimum absolute atomic E-state index is 0.0819. The third-order valence-corrected chi connectivity index (χ3v) is 4.02. The largest absolute Gasteiger partial charge is 0.349 e. The Balaban J connectivity index is 2.02. The Bertz CT molecular complexity index is 565. The molecule has 1 saturated carbocycles. The van der Waals surface area contributed by atoms with E-state index in [1.54, 1.807) is 12.1 Å². The molecule has 1 atom stereocenters. The van der Waals surface area contributed by atoms with Crippen molar-refractivity contribution in [2.24, 2.45) is 5.92 Å². The molecule has 1 aliphatic rings. The van der Waals surface area contributed by atoms with E-state index in [-0.39, 0.29) is 18.0 Å². The van der Waals surface area contributed by atoms with Crippen molar-refractivity contribution in [3.05, 3.63) is 29.3 Å². The third kappa shape index (κ3) is 4.48. The zero-order valence-corrected chi connectivity index (χ0v) is 13.7. The van der Waals surface area contributed by atoms with Crippen LogP contribution in [0.4, 0.5) is 10.5 Å². The molecule has 0 radical (unpaired) electrons. The first-order valence-electron chi connectivity index (χ1n) is 7.86. The van der Waals surface area contributed by atoms with E-state index in [0.29, 0.717) is 23.2 Å². The summed E-state index contributed by atoms with van der Waals surface area (Å²) in [6.07, 6.45) is 2.11. The normalized spacial score (nSPS) is 15.3. The Hall–Kier alpha value is -2.04. The number of urea groups is 1. The van der Waals surface area contributed by atoms with Crippen molar-refractivity contribution in [3.63, 3.8) is 0 Å². The number of hydrogen-bond acceptors (Lipinski definition) is 2. The Kier molecular flexibility index (Phi) is 5.06. The molecule has 22 heavy (non-hydrogen) atoms. The summed E-state index contributed by atoms with van der Waals surface area (Å²) in [7, 11) is 0. The maximum absolute atomic E-state index is 12.1. The van der Waals surface area contributed by atoms with Gasteiger partial charge in [0.05, 0.1) is 0 Å². The van der Waals surface area contributed by atoms with Crippen LogP contribution in [0.15, 0.2) is 18.2 Å². The van der Waals surface area contributed by atoms with Gasteiger partial charge in [-0.25, -0.2) is 4.79 Å². The standard InChI is InChI=1S/C17H25N3O2/c1-10(2)12(4)18-17(22)20-15-9-13(6-5-11(15)3)16(21)19-14-7-8-14/h5-6,9-10,12,14H,7-8H2,1-4H3,(H,19,21)(H2,18,20,22)/t12-/m1/s1. The molecule has 5 heteroatoms. The zero-order valence-electron chi connectivity index (χ0n) is 13.7. The number of anilines is 1. The Morgan fingerprint density at radius 1 is 1.18 bits per heavy atom. The number of hydrogen-bond donors (Lipinski definition) is 3. The van der Waals surface area contributed by atoms with Crippen molar-refractivity contribution in [1.29, 1.82) is 0 Å². The van der Waals surface area contributed by atoms with Crippen LogP contribution in [-0.4, -0.2) is 24.0 Å². The maximum atomic E-state index is 12.1. The first-order valence-corrected chi connectivity index (χ1v) is 7.86. The number of nitrogens with one attached hydrogen (secondary N) is 3. The van der Waals surface area contributed by atoms with E-state index in [1.165, 1.54) is 0 Å². The van der Waals surface area contributed by atoms with E-state index >= 15 is 0 Å². The number of carbonyl (C=O) groups excluding carboxylic acids is 2. The van der Waals surface area contributed by atoms with Gasteiger partial charge in [0.2, 0.25) is 0 Å².